The molecule has 3 heteroatoms. The molecular formula is C12H24N2O. The average Bonchev–Trinajstić information content (AvgIpc) is 2.60. The first-order chi connectivity index (χ1) is 7.01. The number of hydrogen-bond donors (Lipinski definition) is 2. The predicted molar refractivity (Wildman–Crippen MR) is 61.8 cm³/mol. The first-order valence-electron chi connectivity index (χ1n) is 6.18. The van der Waals surface area contributed by atoms with Crippen LogP contribution < -0.4 is 5.32 Å². The maximum absolute atomic E-state index is 9.90. The molecular weight excluding hydrogens is 188 g/mol. The number of hydrogen-bond acceptors (Lipinski definition) is 3. The Labute approximate surface area is 92.8 Å². The maximum Gasteiger partial charge on any atom is 0.0718 e. The Morgan fingerprint density at radius 3 is 2.73 bits per heavy atom. The summed E-state index contributed by atoms with van der Waals surface area (Å²) < 4.78 is 0. The van der Waals surface area contributed by atoms with Gasteiger partial charge in [0.15, 0.2) is 0 Å². The molecule has 2 aliphatic heterocycles. The molecule has 0 bridgehead atoms. The molecule has 0 saturated carbocycles. The molecule has 0 aromatic carbocycles. The minimum Gasteiger partial charge on any atom is -0.389 e. The van der Waals surface area contributed by atoms with Crippen LogP contribution in [-0.2, 0) is 0 Å². The van der Waals surface area contributed by atoms with Gasteiger partial charge in [0, 0.05) is 19.1 Å². The Balaban J connectivity index is 2.01. The third-order valence-electron chi connectivity index (χ3n) is 3.83. The van der Waals surface area contributed by atoms with E-state index in [1.54, 1.807) is 0 Å². The maximum atomic E-state index is 9.90. The zero-order valence-electron chi connectivity index (χ0n) is 10.2. The van der Waals surface area contributed by atoms with Gasteiger partial charge in [-0.2, -0.15) is 0 Å². The van der Waals surface area contributed by atoms with Crippen LogP contribution in [0.5, 0.6) is 0 Å². The molecule has 15 heavy (non-hydrogen) atoms. The van der Waals surface area contributed by atoms with Crippen molar-refractivity contribution in [2.45, 2.75) is 38.8 Å². The van der Waals surface area contributed by atoms with Gasteiger partial charge in [0.2, 0.25) is 0 Å². The summed E-state index contributed by atoms with van der Waals surface area (Å²) in [4.78, 5) is 2.50. The Hall–Kier alpha value is -0.120. The smallest absolute Gasteiger partial charge is 0.0718 e. The van der Waals surface area contributed by atoms with Gasteiger partial charge in [-0.3, -0.25) is 4.90 Å². The van der Waals surface area contributed by atoms with Crippen molar-refractivity contribution in [3.63, 3.8) is 0 Å². The van der Waals surface area contributed by atoms with Gasteiger partial charge in [0.1, 0.15) is 0 Å². The molecule has 0 aliphatic carbocycles. The summed E-state index contributed by atoms with van der Waals surface area (Å²) in [6, 6.07) is 0.677. The van der Waals surface area contributed by atoms with Gasteiger partial charge in [-0.1, -0.05) is 6.92 Å². The summed E-state index contributed by atoms with van der Waals surface area (Å²) >= 11 is 0. The van der Waals surface area contributed by atoms with E-state index in [9.17, 15) is 5.11 Å². The van der Waals surface area contributed by atoms with Crippen LogP contribution in [0, 0.1) is 11.8 Å². The minimum absolute atomic E-state index is 0.556. The number of nitrogens with one attached hydrogen (secondary N) is 1. The summed E-state index contributed by atoms with van der Waals surface area (Å²) in [5, 5.41) is 13.4. The third-order valence-corrected chi connectivity index (χ3v) is 3.83. The molecule has 2 N–H and O–H groups in total. The van der Waals surface area contributed by atoms with Gasteiger partial charge in [0.05, 0.1) is 5.60 Å². The summed E-state index contributed by atoms with van der Waals surface area (Å²) in [6.07, 6.45) is 1.21. The molecule has 2 saturated heterocycles. The largest absolute Gasteiger partial charge is 0.389 e. The van der Waals surface area contributed by atoms with Crippen molar-refractivity contribution in [2.75, 3.05) is 26.2 Å². The molecule has 0 aromatic heterocycles. The molecule has 0 radical (unpaired) electrons. The van der Waals surface area contributed by atoms with E-state index in [0.29, 0.717) is 6.04 Å². The van der Waals surface area contributed by atoms with E-state index in [-0.39, 0.29) is 0 Å². The Bertz CT molecular complexity index is 224. The van der Waals surface area contributed by atoms with Crippen molar-refractivity contribution in [3.05, 3.63) is 0 Å². The van der Waals surface area contributed by atoms with Crippen molar-refractivity contribution < 1.29 is 5.11 Å². The molecule has 2 aliphatic rings. The van der Waals surface area contributed by atoms with Gasteiger partial charge < -0.3 is 10.4 Å². The zero-order valence-corrected chi connectivity index (χ0v) is 10.2. The topological polar surface area (TPSA) is 35.5 Å². The summed E-state index contributed by atoms with van der Waals surface area (Å²) in [7, 11) is 0. The van der Waals surface area contributed by atoms with Crippen molar-refractivity contribution in [3.8, 4) is 0 Å². The van der Waals surface area contributed by atoms with Crippen LogP contribution in [0.1, 0.15) is 27.2 Å². The number of likely N-dealkylation sites (tertiary alicyclic amines) is 1. The van der Waals surface area contributed by atoms with E-state index < -0.39 is 5.60 Å². The second-order valence-electron chi connectivity index (χ2n) is 5.80. The first-order valence-corrected chi connectivity index (χ1v) is 6.18. The number of β-amino-alcohol motifs (C(OH)–C–C–N with tert-alkyl or cyclic N) is 1. The van der Waals surface area contributed by atoms with Crippen LogP contribution >= 0.6 is 0 Å². The van der Waals surface area contributed by atoms with E-state index in [1.165, 1.54) is 26.1 Å². The SMILES string of the molecule is CCC1C2CNCC2CN1CC(C)(C)O. The Morgan fingerprint density at radius 1 is 1.40 bits per heavy atom. The summed E-state index contributed by atoms with van der Waals surface area (Å²) in [5.74, 6) is 1.63. The number of aliphatic hydroxyl groups is 1. The van der Waals surface area contributed by atoms with Gasteiger partial charge in [0.25, 0.3) is 0 Å². The third kappa shape index (κ3) is 2.35. The number of nitrogens with zero attached hydrogens (tertiary/aromatic N) is 1. The summed E-state index contributed by atoms with van der Waals surface area (Å²) in [6.45, 7) is 10.4. The highest BCUT2D eigenvalue weighted by atomic mass is 16.3. The lowest BCUT2D eigenvalue weighted by Gasteiger charge is -2.31. The molecule has 2 heterocycles. The molecule has 88 valence electrons. The first kappa shape index (κ1) is 11.4. The van der Waals surface area contributed by atoms with Crippen LogP contribution in [0.2, 0.25) is 0 Å². The van der Waals surface area contributed by atoms with Crippen molar-refractivity contribution >= 4 is 0 Å². The van der Waals surface area contributed by atoms with Crippen molar-refractivity contribution in [1.29, 1.82) is 0 Å². The molecule has 2 rings (SSSR count). The van der Waals surface area contributed by atoms with E-state index in [4.69, 9.17) is 0 Å². The highest BCUT2D eigenvalue weighted by Gasteiger charge is 2.43. The summed E-state index contributed by atoms with van der Waals surface area (Å²) in [5.41, 5.74) is -0.556. The van der Waals surface area contributed by atoms with Crippen LogP contribution in [-0.4, -0.2) is 47.8 Å². The van der Waals surface area contributed by atoms with Gasteiger partial charge in [-0.25, -0.2) is 0 Å². The fraction of sp³-hybridized carbons (Fsp3) is 1.00. The molecule has 0 spiro atoms. The lowest BCUT2D eigenvalue weighted by atomic mass is 9.92. The predicted octanol–water partition coefficient (Wildman–Crippen LogP) is 0.687. The van der Waals surface area contributed by atoms with E-state index in [0.717, 1.165) is 18.4 Å². The molecule has 3 nitrogen and oxygen atoms in total. The molecule has 0 amide bonds. The van der Waals surface area contributed by atoms with Crippen molar-refractivity contribution in [1.82, 2.24) is 10.2 Å². The fourth-order valence-corrected chi connectivity index (χ4v) is 3.35. The molecule has 3 unspecified atom stereocenters. The standard InChI is InChI=1S/C12H24N2O/c1-4-11-10-6-13-5-9(10)7-14(11)8-12(2,3)15/h9-11,13,15H,4-8H2,1-3H3. The average molecular weight is 212 g/mol. The minimum atomic E-state index is -0.556. The monoisotopic (exact) mass is 212 g/mol. The molecule has 0 aromatic rings. The van der Waals surface area contributed by atoms with Gasteiger partial charge in [-0.05, 0) is 45.2 Å². The molecule has 3 atom stereocenters. The van der Waals surface area contributed by atoms with Gasteiger partial charge >= 0.3 is 0 Å². The van der Waals surface area contributed by atoms with Gasteiger partial charge in [-0.15, -0.1) is 0 Å². The van der Waals surface area contributed by atoms with E-state index >= 15 is 0 Å². The van der Waals surface area contributed by atoms with Crippen molar-refractivity contribution in [2.24, 2.45) is 11.8 Å². The number of rotatable bonds is 3. The Morgan fingerprint density at radius 2 is 2.13 bits per heavy atom. The zero-order chi connectivity index (χ0) is 11.1. The quantitative estimate of drug-likeness (QED) is 0.722. The van der Waals surface area contributed by atoms with Crippen LogP contribution in [0.4, 0.5) is 0 Å². The van der Waals surface area contributed by atoms with E-state index in [2.05, 4.69) is 17.1 Å². The van der Waals surface area contributed by atoms with Crippen LogP contribution in [0.25, 0.3) is 0 Å². The normalized spacial score (nSPS) is 37.2. The highest BCUT2D eigenvalue weighted by Crippen LogP contribution is 2.34. The highest BCUT2D eigenvalue weighted by molar-refractivity contribution is 4.99. The second-order valence-corrected chi connectivity index (χ2v) is 5.80. The number of fused-ring (bicyclic) bond motifs is 1. The second kappa shape index (κ2) is 4.04. The lowest BCUT2D eigenvalue weighted by molar-refractivity contribution is 0.0274. The molecule has 2 fully saturated rings. The van der Waals surface area contributed by atoms with Crippen LogP contribution in [0.15, 0.2) is 0 Å². The lowest BCUT2D eigenvalue weighted by Crippen LogP contribution is -2.43. The fourth-order valence-electron chi connectivity index (χ4n) is 3.35. The van der Waals surface area contributed by atoms with E-state index in [1.807, 2.05) is 13.8 Å². The van der Waals surface area contributed by atoms with Crippen LogP contribution in [0.3, 0.4) is 0 Å². The Kier molecular flexibility index (Phi) is 3.06.